The highest BCUT2D eigenvalue weighted by Gasteiger charge is 2.66. The Morgan fingerprint density at radius 3 is 2.55 bits per heavy atom. The summed E-state index contributed by atoms with van der Waals surface area (Å²) in [5, 5.41) is 2.91. The lowest BCUT2D eigenvalue weighted by molar-refractivity contribution is -0.135. The quantitative estimate of drug-likeness (QED) is 0.111. The highest BCUT2D eigenvalue weighted by Crippen LogP contribution is 2.63. The molecule has 3 amide bonds. The van der Waals surface area contributed by atoms with E-state index in [0.29, 0.717) is 91.5 Å². The summed E-state index contributed by atoms with van der Waals surface area (Å²) in [6, 6.07) is 22.0. The van der Waals surface area contributed by atoms with Gasteiger partial charge in [0.05, 0.1) is 36.7 Å². The first-order valence-corrected chi connectivity index (χ1v) is 26.5. The van der Waals surface area contributed by atoms with E-state index in [4.69, 9.17) is 23.9 Å². The fourth-order valence-electron chi connectivity index (χ4n) is 11.8. The Hall–Kier alpha value is -5.51. The van der Waals surface area contributed by atoms with Crippen LogP contribution in [0.4, 0.5) is 16.2 Å². The number of piperazine rings is 1. The zero-order chi connectivity index (χ0) is 47.9. The first-order valence-electron chi connectivity index (χ1n) is 25.0. The van der Waals surface area contributed by atoms with Crippen LogP contribution in [0.1, 0.15) is 75.8 Å². The van der Waals surface area contributed by atoms with Gasteiger partial charge in [-0.15, -0.1) is 0 Å². The number of ether oxygens (including phenoxy) is 4. The van der Waals surface area contributed by atoms with Crippen LogP contribution in [0.15, 0.2) is 96.0 Å². The van der Waals surface area contributed by atoms with Crippen LogP contribution in [0.3, 0.4) is 0 Å². The molecule has 3 heterocycles. The van der Waals surface area contributed by atoms with E-state index in [-0.39, 0.29) is 29.9 Å². The molecule has 3 aromatic rings. The number of methoxy groups -OCH3 is 1. The Labute approximate surface area is 409 Å². The van der Waals surface area contributed by atoms with Gasteiger partial charge >= 0.3 is 6.09 Å². The second kappa shape index (κ2) is 22.1. The summed E-state index contributed by atoms with van der Waals surface area (Å²) < 4.78 is 36.3. The molecule has 14 nitrogen and oxygen atoms in total. The van der Waals surface area contributed by atoms with Gasteiger partial charge in [0.15, 0.2) is 6.61 Å². The van der Waals surface area contributed by atoms with Gasteiger partial charge in [-0.2, -0.15) is 0 Å². The number of para-hydroxylation sites is 2. The standard InChI is InChI=1S/C54H68N6O8S/c1-4-66-47-17-10-9-16-45(47)60-50(55-43-15-8-7-14-42(43)52(60)62)35-57-27-29-58(30-28-57)51(61)36-67-40-22-20-39(21-23-40)37-69(64)31-12-6-5-11-26-59-48-18-13-25-54(48)34-41(33-49(54)59)68-53(63)56-44-32-38(2)19-24-46(44)65-3/h7-10,14-17,19-24,32,41-42,48-50H,4-6,11-13,18,25-31,33-37H2,1-3H3,(H,56,63). The van der Waals surface area contributed by atoms with Crippen LogP contribution in [0, 0.1) is 18.3 Å². The van der Waals surface area contributed by atoms with Crippen LogP contribution in [0.2, 0.25) is 0 Å². The second-order valence-corrected chi connectivity index (χ2v) is 20.9. The number of likely N-dealkylation sites (tertiary alicyclic amines) is 1. The smallest absolute Gasteiger partial charge is 0.412 e. The summed E-state index contributed by atoms with van der Waals surface area (Å²) in [7, 11) is 0.639. The molecule has 1 N–H and O–H groups in total. The number of carbonyl (C=O) groups excluding carboxylic acids is 3. The van der Waals surface area contributed by atoms with Crippen molar-refractivity contribution in [3.8, 4) is 17.2 Å². The van der Waals surface area contributed by atoms with E-state index in [1.807, 2.05) is 110 Å². The molecule has 0 aromatic heterocycles. The summed E-state index contributed by atoms with van der Waals surface area (Å²) in [6.07, 6.45) is 16.5. The molecular weight excluding hydrogens is 893 g/mol. The van der Waals surface area contributed by atoms with Gasteiger partial charge in [0, 0.05) is 78.9 Å². The lowest BCUT2D eigenvalue weighted by Gasteiger charge is -2.58. The van der Waals surface area contributed by atoms with Crippen LogP contribution in [-0.2, 0) is 30.9 Å². The van der Waals surface area contributed by atoms with E-state index in [2.05, 4.69) is 15.1 Å². The monoisotopic (exact) mass is 960 g/mol. The molecule has 3 aliphatic carbocycles. The summed E-state index contributed by atoms with van der Waals surface area (Å²) in [5.74, 6) is 2.53. The first-order chi connectivity index (χ1) is 33.6. The number of aryl methyl sites for hydroxylation is 1. The van der Waals surface area contributed by atoms with Gasteiger partial charge in [-0.1, -0.05) is 67.8 Å². The highest BCUT2D eigenvalue weighted by molar-refractivity contribution is 7.84. The Balaban J connectivity index is 0.656. The molecule has 15 heteroatoms. The fraction of sp³-hybridized carbons (Fsp3) is 0.519. The van der Waals surface area contributed by atoms with Crippen LogP contribution < -0.4 is 24.4 Å². The number of rotatable bonds is 20. The van der Waals surface area contributed by atoms with Crippen LogP contribution in [-0.4, -0.2) is 132 Å². The predicted octanol–water partition coefficient (Wildman–Crippen LogP) is 7.92. The molecule has 3 aromatic carbocycles. The minimum absolute atomic E-state index is 0.0250. The van der Waals surface area contributed by atoms with Crippen molar-refractivity contribution in [2.45, 2.75) is 102 Å². The summed E-state index contributed by atoms with van der Waals surface area (Å²) in [6.45, 7) is 8.36. The molecule has 2 saturated carbocycles. The molecule has 0 bridgehead atoms. The second-order valence-electron chi connectivity index (χ2n) is 19.4. The van der Waals surface area contributed by atoms with Gasteiger partial charge in [0.25, 0.3) is 5.91 Å². The SMILES string of the molecule is CCOc1ccccc1N1C(=O)C2C=CC=CC2=NC1CN1CCN(C(=O)COc2ccc(CS(=O)CCCCCCN3C4CCCC45CC(OC(=O)Nc4cc(C)ccc4OC)CC35)cc2)CC1. The number of benzene rings is 3. The number of allylic oxidation sites excluding steroid dienone is 3. The topological polar surface area (TPSA) is 143 Å². The molecule has 9 rings (SSSR count). The zero-order valence-electron chi connectivity index (χ0n) is 40.4. The molecule has 6 aliphatic rings. The van der Waals surface area contributed by atoms with Crippen molar-refractivity contribution in [1.82, 2.24) is 14.7 Å². The molecule has 7 unspecified atom stereocenters. The number of carbonyl (C=O) groups is 3. The average molecular weight is 961 g/mol. The molecule has 7 atom stereocenters. The Kier molecular flexibility index (Phi) is 15.5. The third-order valence-electron chi connectivity index (χ3n) is 15.0. The minimum Gasteiger partial charge on any atom is -0.495 e. The molecule has 3 aliphatic heterocycles. The van der Waals surface area contributed by atoms with Gasteiger partial charge in [-0.3, -0.25) is 38.8 Å². The molecule has 0 radical (unpaired) electrons. The van der Waals surface area contributed by atoms with Crippen molar-refractivity contribution >= 4 is 45.8 Å². The van der Waals surface area contributed by atoms with Gasteiger partial charge in [-0.05, 0) is 106 Å². The highest BCUT2D eigenvalue weighted by atomic mass is 32.2. The Bertz CT molecular complexity index is 2440. The van der Waals surface area contributed by atoms with Crippen molar-refractivity contribution in [2.75, 3.05) is 75.6 Å². The van der Waals surface area contributed by atoms with E-state index in [9.17, 15) is 18.6 Å². The van der Waals surface area contributed by atoms with Crippen molar-refractivity contribution in [2.24, 2.45) is 16.3 Å². The largest absolute Gasteiger partial charge is 0.495 e. The van der Waals surface area contributed by atoms with Crippen molar-refractivity contribution in [3.05, 3.63) is 102 Å². The third-order valence-corrected chi connectivity index (χ3v) is 16.4. The molecular formula is C54H68N6O8S. The number of hydrogen-bond acceptors (Lipinski definition) is 11. The summed E-state index contributed by atoms with van der Waals surface area (Å²) in [4.78, 5) is 53.8. The number of amides is 3. The maximum Gasteiger partial charge on any atom is 0.412 e. The Morgan fingerprint density at radius 1 is 0.928 bits per heavy atom. The van der Waals surface area contributed by atoms with Crippen molar-refractivity contribution in [3.63, 3.8) is 0 Å². The lowest BCUT2D eigenvalue weighted by Crippen LogP contribution is -2.66. The summed E-state index contributed by atoms with van der Waals surface area (Å²) in [5.41, 5.74) is 4.43. The normalized spacial score (nSPS) is 25.5. The summed E-state index contributed by atoms with van der Waals surface area (Å²) >= 11 is 0. The fourth-order valence-corrected chi connectivity index (χ4v) is 13.0. The predicted molar refractivity (Wildman–Crippen MR) is 270 cm³/mol. The number of anilines is 2. The van der Waals surface area contributed by atoms with Crippen LogP contribution in [0.5, 0.6) is 17.2 Å². The molecule has 4 fully saturated rings. The zero-order valence-corrected chi connectivity index (χ0v) is 41.2. The van der Waals surface area contributed by atoms with E-state index >= 15 is 0 Å². The van der Waals surface area contributed by atoms with E-state index in [0.717, 1.165) is 61.9 Å². The van der Waals surface area contributed by atoms with E-state index in [1.165, 1.54) is 19.3 Å². The maximum atomic E-state index is 14.0. The van der Waals surface area contributed by atoms with Gasteiger partial charge in [0.1, 0.15) is 29.5 Å². The van der Waals surface area contributed by atoms with Crippen molar-refractivity contribution in [1.29, 1.82) is 0 Å². The van der Waals surface area contributed by atoms with Crippen LogP contribution >= 0.6 is 0 Å². The number of nitrogens with zero attached hydrogens (tertiary/aromatic N) is 5. The van der Waals surface area contributed by atoms with Gasteiger partial charge < -0.3 is 23.8 Å². The number of aliphatic imine (C=N–C) groups is 1. The van der Waals surface area contributed by atoms with E-state index < -0.39 is 29.0 Å². The van der Waals surface area contributed by atoms with Crippen molar-refractivity contribution < 1.29 is 37.5 Å². The molecule has 1 spiro atoms. The average Bonchev–Trinajstić information content (AvgIpc) is 3.87. The van der Waals surface area contributed by atoms with Gasteiger partial charge in [0.2, 0.25) is 5.91 Å². The van der Waals surface area contributed by atoms with E-state index in [1.54, 1.807) is 12.0 Å². The molecule has 2 saturated heterocycles. The first kappa shape index (κ1) is 48.5. The molecule has 69 heavy (non-hydrogen) atoms. The van der Waals surface area contributed by atoms with Crippen LogP contribution in [0.25, 0.3) is 0 Å². The maximum absolute atomic E-state index is 14.0. The molecule has 368 valence electrons. The number of hydrogen-bond donors (Lipinski definition) is 1. The third kappa shape index (κ3) is 11.0. The van der Waals surface area contributed by atoms with Gasteiger partial charge in [-0.25, -0.2) is 4.79 Å². The Morgan fingerprint density at radius 2 is 1.74 bits per heavy atom. The number of fused-ring (bicyclic) bond motifs is 1. The lowest BCUT2D eigenvalue weighted by atomic mass is 9.68. The number of unbranched alkanes of at least 4 members (excludes halogenated alkanes) is 3. The number of nitrogens with one attached hydrogen (secondary N) is 1. The minimum atomic E-state index is -0.961.